The lowest BCUT2D eigenvalue weighted by atomic mass is 10.1. The van der Waals surface area contributed by atoms with Gasteiger partial charge in [-0.3, -0.25) is 0 Å². The molecule has 12 heavy (non-hydrogen) atoms. The van der Waals surface area contributed by atoms with Crippen LogP contribution in [-0.4, -0.2) is 11.7 Å². The SMILES string of the molecule is NC[C@H](N)c1cc(S)ccc1O. The largest absolute Gasteiger partial charge is 0.508 e. The van der Waals surface area contributed by atoms with E-state index < -0.39 is 0 Å². The molecule has 0 aromatic heterocycles. The molecule has 0 saturated heterocycles. The van der Waals surface area contributed by atoms with Crippen molar-refractivity contribution < 1.29 is 5.11 Å². The molecule has 0 aliphatic rings. The third-order valence-corrected chi connectivity index (χ3v) is 1.94. The van der Waals surface area contributed by atoms with Crippen molar-refractivity contribution in [3.05, 3.63) is 23.8 Å². The molecule has 0 amide bonds. The normalized spacial score (nSPS) is 12.9. The standard InChI is InChI=1S/C8H12N2OS/c9-4-7(10)6-3-5(12)1-2-8(6)11/h1-3,7,11-12H,4,9-10H2/t7-/m0/s1. The predicted molar refractivity (Wildman–Crippen MR) is 51.3 cm³/mol. The maximum absolute atomic E-state index is 9.37. The van der Waals surface area contributed by atoms with Crippen molar-refractivity contribution in [1.29, 1.82) is 0 Å². The molecule has 0 spiro atoms. The summed E-state index contributed by atoms with van der Waals surface area (Å²) < 4.78 is 0. The van der Waals surface area contributed by atoms with E-state index in [1.165, 1.54) is 0 Å². The van der Waals surface area contributed by atoms with Gasteiger partial charge in [-0.05, 0) is 18.2 Å². The highest BCUT2D eigenvalue weighted by Crippen LogP contribution is 2.24. The average Bonchev–Trinajstić information content (AvgIpc) is 2.08. The van der Waals surface area contributed by atoms with Gasteiger partial charge in [-0.15, -0.1) is 12.6 Å². The second-order valence-corrected chi connectivity index (χ2v) is 3.10. The van der Waals surface area contributed by atoms with Crippen LogP contribution >= 0.6 is 12.6 Å². The molecule has 1 rings (SSSR count). The Labute approximate surface area is 76.8 Å². The van der Waals surface area contributed by atoms with Gasteiger partial charge in [-0.2, -0.15) is 0 Å². The lowest BCUT2D eigenvalue weighted by Crippen LogP contribution is -2.20. The summed E-state index contributed by atoms with van der Waals surface area (Å²) in [5.74, 6) is 0.172. The van der Waals surface area contributed by atoms with Crippen LogP contribution in [0.1, 0.15) is 11.6 Å². The second-order valence-electron chi connectivity index (χ2n) is 2.59. The van der Waals surface area contributed by atoms with Gasteiger partial charge in [0, 0.05) is 23.0 Å². The molecule has 0 fully saturated rings. The molecule has 0 unspecified atom stereocenters. The third kappa shape index (κ3) is 1.91. The number of hydrogen-bond donors (Lipinski definition) is 4. The van der Waals surface area contributed by atoms with Crippen molar-refractivity contribution in [3.8, 4) is 5.75 Å². The first-order valence-corrected chi connectivity index (χ1v) is 4.07. The highest BCUT2D eigenvalue weighted by Gasteiger charge is 2.08. The monoisotopic (exact) mass is 184 g/mol. The van der Waals surface area contributed by atoms with Crippen LogP contribution in [0.2, 0.25) is 0 Å². The molecule has 0 bridgehead atoms. The maximum Gasteiger partial charge on any atom is 0.120 e. The number of phenols is 1. The summed E-state index contributed by atoms with van der Waals surface area (Å²) in [5.41, 5.74) is 11.7. The van der Waals surface area contributed by atoms with Gasteiger partial charge >= 0.3 is 0 Å². The minimum Gasteiger partial charge on any atom is -0.508 e. The van der Waals surface area contributed by atoms with Crippen molar-refractivity contribution in [2.45, 2.75) is 10.9 Å². The number of nitrogens with two attached hydrogens (primary N) is 2. The molecule has 0 aliphatic heterocycles. The zero-order valence-corrected chi connectivity index (χ0v) is 7.46. The Hall–Kier alpha value is -0.710. The van der Waals surface area contributed by atoms with Crippen LogP contribution in [0.5, 0.6) is 5.75 Å². The van der Waals surface area contributed by atoms with Crippen LogP contribution in [0.25, 0.3) is 0 Å². The Bertz CT molecular complexity index is 278. The molecule has 0 saturated carbocycles. The molecule has 1 atom stereocenters. The van der Waals surface area contributed by atoms with E-state index in [4.69, 9.17) is 11.5 Å². The lowest BCUT2D eigenvalue weighted by Gasteiger charge is -2.11. The third-order valence-electron chi connectivity index (χ3n) is 1.66. The lowest BCUT2D eigenvalue weighted by molar-refractivity contribution is 0.461. The summed E-state index contributed by atoms with van der Waals surface area (Å²) in [6.07, 6.45) is 0. The van der Waals surface area contributed by atoms with Crippen molar-refractivity contribution in [1.82, 2.24) is 0 Å². The van der Waals surface area contributed by atoms with Gasteiger partial charge in [0.25, 0.3) is 0 Å². The summed E-state index contributed by atoms with van der Waals surface area (Å²) in [6.45, 7) is 0.310. The number of phenolic OH excluding ortho intramolecular Hbond substituents is 1. The number of benzene rings is 1. The minimum absolute atomic E-state index is 0.172. The highest BCUT2D eigenvalue weighted by atomic mass is 32.1. The summed E-state index contributed by atoms with van der Waals surface area (Å²) in [4.78, 5) is 0.770. The molecule has 4 heteroatoms. The molecule has 1 aromatic carbocycles. The predicted octanol–water partition coefficient (Wildman–Crippen LogP) is 0.639. The molecular formula is C8H12N2OS. The molecule has 5 N–H and O–H groups in total. The van der Waals surface area contributed by atoms with E-state index in [1.807, 2.05) is 0 Å². The van der Waals surface area contributed by atoms with Crippen LogP contribution in [0.3, 0.4) is 0 Å². The second kappa shape index (κ2) is 3.80. The highest BCUT2D eigenvalue weighted by molar-refractivity contribution is 7.80. The van der Waals surface area contributed by atoms with E-state index in [1.54, 1.807) is 18.2 Å². The van der Waals surface area contributed by atoms with E-state index in [9.17, 15) is 5.11 Å². The van der Waals surface area contributed by atoms with Gasteiger partial charge in [0.2, 0.25) is 0 Å². The first-order chi connectivity index (χ1) is 5.65. The summed E-state index contributed by atoms with van der Waals surface area (Å²) in [5, 5.41) is 9.37. The summed E-state index contributed by atoms with van der Waals surface area (Å²) >= 11 is 4.13. The fourth-order valence-corrected chi connectivity index (χ4v) is 1.18. The number of hydrogen-bond acceptors (Lipinski definition) is 4. The van der Waals surface area contributed by atoms with Crippen LogP contribution < -0.4 is 11.5 Å². The Morgan fingerprint density at radius 2 is 2.17 bits per heavy atom. The molecule has 1 aromatic rings. The van der Waals surface area contributed by atoms with Crippen molar-refractivity contribution in [3.63, 3.8) is 0 Å². The van der Waals surface area contributed by atoms with E-state index in [0.717, 1.165) is 4.90 Å². The molecule has 0 heterocycles. The van der Waals surface area contributed by atoms with E-state index >= 15 is 0 Å². The molecule has 0 radical (unpaired) electrons. The Morgan fingerprint density at radius 1 is 1.50 bits per heavy atom. The van der Waals surface area contributed by atoms with Crippen LogP contribution in [0.15, 0.2) is 23.1 Å². The fourth-order valence-electron chi connectivity index (χ4n) is 0.966. The smallest absolute Gasteiger partial charge is 0.120 e. The van der Waals surface area contributed by atoms with E-state index in [2.05, 4.69) is 12.6 Å². The van der Waals surface area contributed by atoms with Crippen LogP contribution in [0.4, 0.5) is 0 Å². The number of thiol groups is 1. The van der Waals surface area contributed by atoms with Crippen LogP contribution in [0, 0.1) is 0 Å². The Balaban J connectivity index is 3.04. The van der Waals surface area contributed by atoms with Gasteiger partial charge in [0.15, 0.2) is 0 Å². The van der Waals surface area contributed by atoms with E-state index in [-0.39, 0.29) is 11.8 Å². The molecule has 0 aliphatic carbocycles. The van der Waals surface area contributed by atoms with Gasteiger partial charge in [-0.25, -0.2) is 0 Å². The summed E-state index contributed by atoms with van der Waals surface area (Å²) in [6, 6.07) is 4.66. The molecule has 3 nitrogen and oxygen atoms in total. The Morgan fingerprint density at radius 3 is 2.75 bits per heavy atom. The number of aromatic hydroxyl groups is 1. The average molecular weight is 184 g/mol. The maximum atomic E-state index is 9.37. The van der Waals surface area contributed by atoms with Gasteiger partial charge in [0.1, 0.15) is 5.75 Å². The fraction of sp³-hybridized carbons (Fsp3) is 0.250. The zero-order chi connectivity index (χ0) is 9.14. The van der Waals surface area contributed by atoms with Crippen molar-refractivity contribution in [2.75, 3.05) is 6.54 Å². The van der Waals surface area contributed by atoms with Gasteiger partial charge in [-0.1, -0.05) is 0 Å². The quantitative estimate of drug-likeness (QED) is 0.510. The van der Waals surface area contributed by atoms with Crippen molar-refractivity contribution >= 4 is 12.6 Å². The van der Waals surface area contributed by atoms with E-state index in [0.29, 0.717) is 12.1 Å². The Kier molecular flexibility index (Phi) is 2.97. The van der Waals surface area contributed by atoms with Gasteiger partial charge in [0.05, 0.1) is 0 Å². The molecular weight excluding hydrogens is 172 g/mol. The van der Waals surface area contributed by atoms with Gasteiger partial charge < -0.3 is 16.6 Å². The zero-order valence-electron chi connectivity index (χ0n) is 6.57. The number of rotatable bonds is 2. The topological polar surface area (TPSA) is 72.3 Å². The van der Waals surface area contributed by atoms with Crippen LogP contribution in [-0.2, 0) is 0 Å². The first-order valence-electron chi connectivity index (χ1n) is 3.62. The summed E-state index contributed by atoms with van der Waals surface area (Å²) in [7, 11) is 0. The first kappa shape index (κ1) is 9.38. The van der Waals surface area contributed by atoms with Crippen molar-refractivity contribution in [2.24, 2.45) is 11.5 Å². The molecule has 66 valence electrons. The minimum atomic E-state index is -0.322.